The van der Waals surface area contributed by atoms with Crippen molar-refractivity contribution in [3.63, 3.8) is 0 Å². The van der Waals surface area contributed by atoms with Gasteiger partial charge in [-0.3, -0.25) is 9.59 Å². The first-order valence-electron chi connectivity index (χ1n) is 6.25. The monoisotopic (exact) mass is 297 g/mol. The lowest BCUT2D eigenvalue weighted by Gasteiger charge is -2.14. The molecule has 0 heterocycles. The molecule has 2 N–H and O–H groups in total. The van der Waals surface area contributed by atoms with Gasteiger partial charge in [-0.1, -0.05) is 18.5 Å². The maximum atomic E-state index is 11.9. The molecule has 1 amide bonds. The summed E-state index contributed by atoms with van der Waals surface area (Å²) in [5.41, 5.74) is 0.322. The molecule has 5 nitrogen and oxygen atoms in total. The van der Waals surface area contributed by atoms with E-state index in [0.717, 1.165) is 0 Å². The first-order chi connectivity index (χ1) is 9.43. The Balaban J connectivity index is 2.65. The van der Waals surface area contributed by atoms with Crippen LogP contribution in [0.2, 0.25) is 5.02 Å². The Bertz CT molecular complexity index is 498. The van der Waals surface area contributed by atoms with E-state index in [2.05, 4.69) is 5.32 Å². The van der Waals surface area contributed by atoms with Gasteiger partial charge in [0.25, 0.3) is 5.91 Å². The van der Waals surface area contributed by atoms with E-state index in [0.29, 0.717) is 17.0 Å². The van der Waals surface area contributed by atoms with Gasteiger partial charge in [-0.05, 0) is 30.7 Å². The fourth-order valence-electron chi connectivity index (χ4n) is 1.58. The molecule has 6 heteroatoms. The van der Waals surface area contributed by atoms with Crippen molar-refractivity contribution in [2.75, 3.05) is 0 Å². The number of carboxylic acid groups (broad SMARTS) is 1. The number of halogens is 1. The lowest BCUT2D eigenvalue weighted by atomic mass is 10.1. The number of hydrogen-bond donors (Lipinski definition) is 2. The Labute approximate surface area is 121 Å². The van der Waals surface area contributed by atoms with Crippen LogP contribution in [0.25, 0.3) is 0 Å². The summed E-state index contributed by atoms with van der Waals surface area (Å²) in [7, 11) is 0. The SMILES string of the molecule is CCC(=O)CC[C@@H](NC(=O)c1ccc(Cl)cc1)C(=O)O. The van der Waals surface area contributed by atoms with Crippen molar-refractivity contribution < 1.29 is 19.5 Å². The Morgan fingerprint density at radius 1 is 1.25 bits per heavy atom. The zero-order chi connectivity index (χ0) is 15.1. The van der Waals surface area contributed by atoms with E-state index >= 15 is 0 Å². The molecule has 1 aromatic rings. The van der Waals surface area contributed by atoms with Crippen LogP contribution in [0.5, 0.6) is 0 Å². The maximum absolute atomic E-state index is 11.9. The van der Waals surface area contributed by atoms with Crippen molar-refractivity contribution in [1.82, 2.24) is 5.32 Å². The smallest absolute Gasteiger partial charge is 0.326 e. The largest absolute Gasteiger partial charge is 0.480 e. The van der Waals surface area contributed by atoms with E-state index in [-0.39, 0.29) is 18.6 Å². The van der Waals surface area contributed by atoms with Gasteiger partial charge in [0.1, 0.15) is 11.8 Å². The highest BCUT2D eigenvalue weighted by Gasteiger charge is 2.21. The molecule has 0 fully saturated rings. The zero-order valence-corrected chi connectivity index (χ0v) is 11.8. The molecule has 0 saturated carbocycles. The Kier molecular flexibility index (Phi) is 6.18. The van der Waals surface area contributed by atoms with E-state index in [9.17, 15) is 14.4 Å². The van der Waals surface area contributed by atoms with E-state index in [1.54, 1.807) is 19.1 Å². The highest BCUT2D eigenvalue weighted by Crippen LogP contribution is 2.10. The first-order valence-corrected chi connectivity index (χ1v) is 6.62. The van der Waals surface area contributed by atoms with Crippen LogP contribution < -0.4 is 5.32 Å². The number of amides is 1. The number of carbonyl (C=O) groups is 3. The Morgan fingerprint density at radius 3 is 2.35 bits per heavy atom. The average Bonchev–Trinajstić information content (AvgIpc) is 2.43. The fraction of sp³-hybridized carbons (Fsp3) is 0.357. The molecular formula is C14H16ClNO4. The lowest BCUT2D eigenvalue weighted by molar-refractivity contribution is -0.139. The van der Waals surface area contributed by atoms with Gasteiger partial charge in [0.15, 0.2) is 0 Å². The number of carboxylic acids is 1. The van der Waals surface area contributed by atoms with Crippen LogP contribution >= 0.6 is 11.6 Å². The van der Waals surface area contributed by atoms with Crippen molar-refractivity contribution in [3.8, 4) is 0 Å². The number of nitrogens with one attached hydrogen (secondary N) is 1. The van der Waals surface area contributed by atoms with Gasteiger partial charge in [0.2, 0.25) is 0 Å². The Hall–Kier alpha value is -1.88. The highest BCUT2D eigenvalue weighted by atomic mass is 35.5. The van der Waals surface area contributed by atoms with Crippen molar-refractivity contribution in [2.24, 2.45) is 0 Å². The summed E-state index contributed by atoms with van der Waals surface area (Å²) in [5, 5.41) is 11.9. The summed E-state index contributed by atoms with van der Waals surface area (Å²) >= 11 is 5.71. The van der Waals surface area contributed by atoms with Crippen molar-refractivity contribution in [2.45, 2.75) is 32.2 Å². The topological polar surface area (TPSA) is 83.5 Å². The van der Waals surface area contributed by atoms with Crippen LogP contribution in [-0.4, -0.2) is 28.8 Å². The number of benzene rings is 1. The van der Waals surface area contributed by atoms with Crippen LogP contribution in [0.15, 0.2) is 24.3 Å². The van der Waals surface area contributed by atoms with Crippen molar-refractivity contribution >= 4 is 29.3 Å². The van der Waals surface area contributed by atoms with Gasteiger partial charge in [-0.15, -0.1) is 0 Å². The van der Waals surface area contributed by atoms with Gasteiger partial charge < -0.3 is 10.4 Å². The molecule has 0 aliphatic heterocycles. The fourth-order valence-corrected chi connectivity index (χ4v) is 1.71. The van der Waals surface area contributed by atoms with Crippen LogP contribution in [0, 0.1) is 0 Å². The molecule has 0 bridgehead atoms. The minimum absolute atomic E-state index is 0.0306. The summed E-state index contributed by atoms with van der Waals surface area (Å²) in [4.78, 5) is 34.2. The summed E-state index contributed by atoms with van der Waals surface area (Å²) in [5.74, 6) is -1.69. The third kappa shape index (κ3) is 5.01. The van der Waals surface area contributed by atoms with Crippen molar-refractivity contribution in [1.29, 1.82) is 0 Å². The summed E-state index contributed by atoms with van der Waals surface area (Å²) in [6.45, 7) is 1.71. The number of rotatable bonds is 7. The maximum Gasteiger partial charge on any atom is 0.326 e. The summed E-state index contributed by atoms with van der Waals surface area (Å²) < 4.78 is 0. The lowest BCUT2D eigenvalue weighted by Crippen LogP contribution is -2.41. The standard InChI is InChI=1S/C14H16ClNO4/c1-2-11(17)7-8-12(14(19)20)16-13(18)9-3-5-10(15)6-4-9/h3-6,12H,2,7-8H2,1H3,(H,16,18)(H,19,20)/t12-/m1/s1. The Morgan fingerprint density at radius 2 is 1.85 bits per heavy atom. The van der Waals surface area contributed by atoms with Gasteiger partial charge in [0, 0.05) is 23.4 Å². The zero-order valence-electron chi connectivity index (χ0n) is 11.1. The quantitative estimate of drug-likeness (QED) is 0.809. The number of Topliss-reactive ketones (excluding diaryl/α,β-unsaturated/α-hetero) is 1. The van der Waals surface area contributed by atoms with Crippen LogP contribution in [0.1, 0.15) is 36.5 Å². The van der Waals surface area contributed by atoms with Gasteiger partial charge in [-0.2, -0.15) is 0 Å². The minimum atomic E-state index is -1.16. The molecular weight excluding hydrogens is 282 g/mol. The number of carbonyl (C=O) groups excluding carboxylic acids is 2. The second kappa shape index (κ2) is 7.65. The van der Waals surface area contributed by atoms with Gasteiger partial charge in [0.05, 0.1) is 0 Å². The number of aliphatic carboxylic acids is 1. The summed E-state index contributed by atoms with van der Waals surface area (Å²) in [6.07, 6.45) is 0.577. The van der Waals surface area contributed by atoms with E-state index in [1.807, 2.05) is 0 Å². The normalized spacial score (nSPS) is 11.7. The molecule has 0 saturated heterocycles. The third-order valence-corrected chi connectivity index (χ3v) is 3.07. The van der Waals surface area contributed by atoms with Crippen molar-refractivity contribution in [3.05, 3.63) is 34.9 Å². The molecule has 20 heavy (non-hydrogen) atoms. The molecule has 0 aromatic heterocycles. The molecule has 0 spiro atoms. The third-order valence-electron chi connectivity index (χ3n) is 2.82. The molecule has 1 rings (SSSR count). The van der Waals surface area contributed by atoms with Crippen LogP contribution in [-0.2, 0) is 9.59 Å². The first kappa shape index (κ1) is 16.2. The highest BCUT2D eigenvalue weighted by molar-refractivity contribution is 6.30. The molecule has 0 aliphatic rings. The predicted octanol–water partition coefficient (Wildman–Crippen LogP) is 2.28. The molecule has 0 aliphatic carbocycles. The van der Waals surface area contributed by atoms with Crippen LogP contribution in [0.3, 0.4) is 0 Å². The average molecular weight is 298 g/mol. The molecule has 1 aromatic carbocycles. The van der Waals surface area contributed by atoms with E-state index < -0.39 is 17.9 Å². The number of hydrogen-bond acceptors (Lipinski definition) is 3. The predicted molar refractivity (Wildman–Crippen MR) is 74.9 cm³/mol. The molecule has 0 radical (unpaired) electrons. The second-order valence-corrected chi connectivity index (χ2v) is 4.74. The van der Waals surface area contributed by atoms with Gasteiger partial charge >= 0.3 is 5.97 Å². The van der Waals surface area contributed by atoms with E-state index in [4.69, 9.17) is 16.7 Å². The molecule has 1 atom stereocenters. The van der Waals surface area contributed by atoms with Gasteiger partial charge in [-0.25, -0.2) is 4.79 Å². The molecule has 0 unspecified atom stereocenters. The van der Waals surface area contributed by atoms with E-state index in [1.165, 1.54) is 12.1 Å². The minimum Gasteiger partial charge on any atom is -0.480 e. The molecule has 108 valence electrons. The number of ketones is 1. The van der Waals surface area contributed by atoms with Crippen LogP contribution in [0.4, 0.5) is 0 Å². The summed E-state index contributed by atoms with van der Waals surface area (Å²) in [6, 6.07) is 5.04. The second-order valence-electron chi connectivity index (χ2n) is 4.30.